The standard InChI is InChI=1S/C18H22F2O/c1-11-3-6-13(7-4-11)9-15-10-14-8-5-12(2)21-18(14)17(20)16(15)19/h5,8,10-13H,3-4,6-7,9H2,1-2H3. The minimum atomic E-state index is -0.831. The van der Waals surface area contributed by atoms with E-state index in [-0.39, 0.29) is 11.9 Å². The van der Waals surface area contributed by atoms with E-state index in [1.54, 1.807) is 6.07 Å². The summed E-state index contributed by atoms with van der Waals surface area (Å²) in [5.41, 5.74) is 1.15. The van der Waals surface area contributed by atoms with Crippen LogP contribution in [0.3, 0.4) is 0 Å². The Balaban J connectivity index is 1.84. The Morgan fingerprint density at radius 3 is 2.52 bits per heavy atom. The molecular formula is C18H22F2O. The van der Waals surface area contributed by atoms with Gasteiger partial charge in [-0.25, -0.2) is 4.39 Å². The molecule has 0 N–H and O–H groups in total. The van der Waals surface area contributed by atoms with Gasteiger partial charge in [-0.05, 0) is 55.7 Å². The summed E-state index contributed by atoms with van der Waals surface area (Å²) in [6.45, 7) is 4.08. The van der Waals surface area contributed by atoms with Gasteiger partial charge in [0.05, 0.1) is 0 Å². The van der Waals surface area contributed by atoms with Crippen LogP contribution in [0.2, 0.25) is 0 Å². The van der Waals surface area contributed by atoms with E-state index in [2.05, 4.69) is 6.92 Å². The first-order valence-corrected chi connectivity index (χ1v) is 7.90. The number of benzene rings is 1. The number of halogens is 2. The van der Waals surface area contributed by atoms with Crippen molar-refractivity contribution in [3.63, 3.8) is 0 Å². The van der Waals surface area contributed by atoms with E-state index in [4.69, 9.17) is 4.74 Å². The van der Waals surface area contributed by atoms with Crippen molar-refractivity contribution in [2.75, 3.05) is 0 Å². The van der Waals surface area contributed by atoms with Gasteiger partial charge in [0.25, 0.3) is 0 Å². The maximum Gasteiger partial charge on any atom is 0.201 e. The number of rotatable bonds is 2. The molecule has 0 aromatic heterocycles. The van der Waals surface area contributed by atoms with Gasteiger partial charge in [0, 0.05) is 5.56 Å². The molecule has 3 rings (SSSR count). The lowest BCUT2D eigenvalue weighted by Crippen LogP contribution is -2.17. The lowest BCUT2D eigenvalue weighted by atomic mass is 9.80. The second-order valence-electron chi connectivity index (χ2n) is 6.59. The average Bonchev–Trinajstić information content (AvgIpc) is 2.47. The first-order chi connectivity index (χ1) is 10.0. The number of ether oxygens (including phenoxy) is 1. The molecule has 1 heterocycles. The molecule has 0 amide bonds. The van der Waals surface area contributed by atoms with Crippen LogP contribution < -0.4 is 4.74 Å². The molecule has 1 aromatic carbocycles. The third kappa shape index (κ3) is 2.97. The Morgan fingerprint density at radius 2 is 1.81 bits per heavy atom. The molecule has 1 atom stereocenters. The predicted octanol–water partition coefficient (Wildman–Crippen LogP) is 5.13. The monoisotopic (exact) mass is 292 g/mol. The van der Waals surface area contributed by atoms with Gasteiger partial charge < -0.3 is 4.74 Å². The van der Waals surface area contributed by atoms with E-state index < -0.39 is 11.6 Å². The van der Waals surface area contributed by atoms with E-state index in [0.29, 0.717) is 23.5 Å². The zero-order valence-corrected chi connectivity index (χ0v) is 12.7. The first kappa shape index (κ1) is 14.6. The number of fused-ring (bicyclic) bond motifs is 1. The smallest absolute Gasteiger partial charge is 0.201 e. The Morgan fingerprint density at radius 1 is 1.10 bits per heavy atom. The molecule has 0 radical (unpaired) electrons. The maximum absolute atomic E-state index is 14.3. The van der Waals surface area contributed by atoms with Crippen molar-refractivity contribution in [1.29, 1.82) is 0 Å². The minimum Gasteiger partial charge on any atom is -0.483 e. The third-order valence-electron chi connectivity index (χ3n) is 4.76. The molecule has 1 nitrogen and oxygen atoms in total. The second-order valence-corrected chi connectivity index (χ2v) is 6.59. The molecule has 0 saturated heterocycles. The van der Waals surface area contributed by atoms with Crippen LogP contribution in [0.5, 0.6) is 5.75 Å². The van der Waals surface area contributed by atoms with Gasteiger partial charge >= 0.3 is 0 Å². The van der Waals surface area contributed by atoms with Crippen LogP contribution in [-0.2, 0) is 6.42 Å². The quantitative estimate of drug-likeness (QED) is 0.734. The topological polar surface area (TPSA) is 9.23 Å². The molecule has 0 spiro atoms. The van der Waals surface area contributed by atoms with E-state index in [0.717, 1.165) is 18.8 Å². The minimum absolute atomic E-state index is 0.0588. The number of hydrogen-bond acceptors (Lipinski definition) is 1. The van der Waals surface area contributed by atoms with E-state index in [9.17, 15) is 8.78 Å². The Labute approximate surface area is 125 Å². The molecule has 0 bridgehead atoms. The van der Waals surface area contributed by atoms with Crippen LogP contribution >= 0.6 is 0 Å². The van der Waals surface area contributed by atoms with Crippen molar-refractivity contribution in [3.8, 4) is 5.75 Å². The van der Waals surface area contributed by atoms with Crippen LogP contribution in [0.25, 0.3) is 6.08 Å². The molecule has 2 aliphatic rings. The summed E-state index contributed by atoms with van der Waals surface area (Å²) in [7, 11) is 0. The zero-order valence-electron chi connectivity index (χ0n) is 12.7. The van der Waals surface area contributed by atoms with Crippen molar-refractivity contribution in [3.05, 3.63) is 34.9 Å². The van der Waals surface area contributed by atoms with E-state index in [1.165, 1.54) is 12.8 Å². The van der Waals surface area contributed by atoms with Gasteiger partial charge in [0.15, 0.2) is 11.6 Å². The summed E-state index contributed by atoms with van der Waals surface area (Å²) in [5.74, 6) is -0.258. The normalized spacial score (nSPS) is 28.1. The van der Waals surface area contributed by atoms with Gasteiger partial charge in [0.2, 0.25) is 5.82 Å². The third-order valence-corrected chi connectivity index (χ3v) is 4.76. The van der Waals surface area contributed by atoms with Crippen LogP contribution in [0.15, 0.2) is 12.1 Å². The van der Waals surface area contributed by atoms with Crippen molar-refractivity contribution in [2.24, 2.45) is 11.8 Å². The molecule has 1 aliphatic heterocycles. The Kier molecular flexibility index (Phi) is 4.01. The fourth-order valence-electron chi connectivity index (χ4n) is 3.38. The van der Waals surface area contributed by atoms with Gasteiger partial charge in [-0.15, -0.1) is 0 Å². The molecule has 1 fully saturated rings. The molecule has 3 heteroatoms. The maximum atomic E-state index is 14.3. The van der Waals surface area contributed by atoms with Crippen LogP contribution in [0, 0.1) is 23.5 Å². The predicted molar refractivity (Wildman–Crippen MR) is 80.3 cm³/mol. The molecule has 21 heavy (non-hydrogen) atoms. The summed E-state index contributed by atoms with van der Waals surface area (Å²) < 4.78 is 33.9. The van der Waals surface area contributed by atoms with Gasteiger partial charge in [-0.1, -0.05) is 25.8 Å². The first-order valence-electron chi connectivity index (χ1n) is 7.90. The fourth-order valence-corrected chi connectivity index (χ4v) is 3.38. The fraction of sp³-hybridized carbons (Fsp3) is 0.556. The number of hydrogen-bond donors (Lipinski definition) is 0. The molecule has 1 aromatic rings. The average molecular weight is 292 g/mol. The highest BCUT2D eigenvalue weighted by Crippen LogP contribution is 2.36. The lowest BCUT2D eigenvalue weighted by Gasteiger charge is -2.27. The molecule has 1 aliphatic carbocycles. The zero-order chi connectivity index (χ0) is 15.0. The van der Waals surface area contributed by atoms with Gasteiger partial charge in [-0.3, -0.25) is 0 Å². The summed E-state index contributed by atoms with van der Waals surface area (Å²) in [4.78, 5) is 0. The molecular weight excluding hydrogens is 270 g/mol. The van der Waals surface area contributed by atoms with E-state index >= 15 is 0 Å². The second kappa shape index (κ2) is 5.78. The van der Waals surface area contributed by atoms with Crippen molar-refractivity contribution < 1.29 is 13.5 Å². The highest BCUT2D eigenvalue weighted by molar-refractivity contribution is 5.61. The van der Waals surface area contributed by atoms with Gasteiger partial charge in [0.1, 0.15) is 6.10 Å². The summed E-state index contributed by atoms with van der Waals surface area (Å²) >= 11 is 0. The largest absolute Gasteiger partial charge is 0.483 e. The Hall–Kier alpha value is -1.38. The lowest BCUT2D eigenvalue weighted by molar-refractivity contribution is 0.247. The summed E-state index contributed by atoms with van der Waals surface area (Å²) in [6.07, 6.45) is 8.74. The Bertz CT molecular complexity index is 557. The molecule has 114 valence electrons. The van der Waals surface area contributed by atoms with Crippen molar-refractivity contribution in [2.45, 2.75) is 52.1 Å². The highest BCUT2D eigenvalue weighted by Gasteiger charge is 2.25. The van der Waals surface area contributed by atoms with Crippen molar-refractivity contribution in [1.82, 2.24) is 0 Å². The van der Waals surface area contributed by atoms with Crippen LogP contribution in [0.4, 0.5) is 8.78 Å². The van der Waals surface area contributed by atoms with Crippen LogP contribution in [-0.4, -0.2) is 6.10 Å². The van der Waals surface area contributed by atoms with Crippen molar-refractivity contribution >= 4 is 6.08 Å². The van der Waals surface area contributed by atoms with Crippen LogP contribution in [0.1, 0.15) is 50.7 Å². The molecule has 1 saturated carbocycles. The van der Waals surface area contributed by atoms with Gasteiger partial charge in [-0.2, -0.15) is 4.39 Å². The summed E-state index contributed by atoms with van der Waals surface area (Å²) in [6, 6.07) is 1.76. The SMILES string of the molecule is CC1CCC(Cc2cc3c(c(F)c2F)OC(C)C=C3)CC1. The molecule has 1 unspecified atom stereocenters. The van der Waals surface area contributed by atoms with E-state index in [1.807, 2.05) is 19.1 Å². The summed E-state index contributed by atoms with van der Waals surface area (Å²) in [5, 5.41) is 0. The highest BCUT2D eigenvalue weighted by atomic mass is 19.2.